The van der Waals surface area contributed by atoms with Gasteiger partial charge in [0.1, 0.15) is 16.7 Å². The van der Waals surface area contributed by atoms with Crippen LogP contribution in [-0.4, -0.2) is 68.6 Å². The molecule has 1 unspecified atom stereocenters. The first kappa shape index (κ1) is 26.5. The number of halogens is 5. The fraction of sp³-hybridized carbons (Fsp3) is 0.385. The second-order valence-corrected chi connectivity index (χ2v) is 10.4. The maximum Gasteiger partial charge on any atom is 0.356 e. The SMILES string of the molecule is Cc1cc(C(C)Nc2ccc(Cl)nc2C(=O)O)c2nc(N3CCOCC3)n3cc(C4C(F)(F)C4(F)F)nc3c2c1. The van der Waals surface area contributed by atoms with E-state index in [9.17, 15) is 27.5 Å². The number of aromatic nitrogens is 4. The molecule has 1 aromatic carbocycles. The van der Waals surface area contributed by atoms with E-state index in [0.717, 1.165) is 5.56 Å². The van der Waals surface area contributed by atoms with Crippen molar-refractivity contribution < 1.29 is 32.2 Å². The van der Waals surface area contributed by atoms with Crippen molar-refractivity contribution in [3.63, 3.8) is 0 Å². The molecule has 0 radical (unpaired) electrons. The first-order valence-electron chi connectivity index (χ1n) is 12.5. The number of nitrogens with zero attached hydrogens (tertiary/aromatic N) is 5. The van der Waals surface area contributed by atoms with Crippen LogP contribution in [0, 0.1) is 6.92 Å². The lowest BCUT2D eigenvalue weighted by atomic mass is 10.0. The Morgan fingerprint density at radius 1 is 1.15 bits per heavy atom. The van der Waals surface area contributed by atoms with Crippen LogP contribution in [0.4, 0.5) is 29.2 Å². The summed E-state index contributed by atoms with van der Waals surface area (Å²) in [6, 6.07) is 6.09. The van der Waals surface area contributed by atoms with Crippen molar-refractivity contribution >= 4 is 45.8 Å². The van der Waals surface area contributed by atoms with Crippen LogP contribution in [0.1, 0.15) is 46.2 Å². The van der Waals surface area contributed by atoms with Crippen LogP contribution in [-0.2, 0) is 4.74 Å². The lowest BCUT2D eigenvalue weighted by Crippen LogP contribution is -2.38. The molecule has 1 saturated heterocycles. The molecule has 3 aromatic heterocycles. The number of hydrogen-bond acceptors (Lipinski definition) is 7. The topological polar surface area (TPSA) is 105 Å². The Bertz CT molecular complexity index is 1660. The molecular weight excluding hydrogens is 556 g/mol. The Kier molecular flexibility index (Phi) is 6.07. The van der Waals surface area contributed by atoms with Crippen molar-refractivity contribution in [2.24, 2.45) is 0 Å². The third-order valence-corrected chi connectivity index (χ3v) is 7.47. The number of nitrogens with one attached hydrogen (secondary N) is 1. The van der Waals surface area contributed by atoms with Gasteiger partial charge < -0.3 is 20.1 Å². The van der Waals surface area contributed by atoms with Crippen molar-refractivity contribution in [1.29, 1.82) is 0 Å². The lowest BCUT2D eigenvalue weighted by Gasteiger charge is -2.29. The van der Waals surface area contributed by atoms with Gasteiger partial charge in [-0.15, -0.1) is 0 Å². The van der Waals surface area contributed by atoms with Crippen LogP contribution >= 0.6 is 11.6 Å². The molecule has 1 aliphatic carbocycles. The molecule has 0 amide bonds. The molecule has 2 fully saturated rings. The number of aryl methyl sites for hydroxylation is 1. The number of carboxylic acids is 1. The summed E-state index contributed by atoms with van der Waals surface area (Å²) < 4.78 is 63.0. The second-order valence-electron chi connectivity index (χ2n) is 10.0. The van der Waals surface area contributed by atoms with Crippen molar-refractivity contribution in [2.75, 3.05) is 36.5 Å². The third kappa shape index (κ3) is 4.10. The van der Waals surface area contributed by atoms with Crippen LogP contribution < -0.4 is 10.2 Å². The smallest absolute Gasteiger partial charge is 0.356 e. The number of anilines is 2. The molecule has 2 aliphatic rings. The molecule has 2 N–H and O–H groups in total. The van der Waals surface area contributed by atoms with E-state index in [4.69, 9.17) is 21.3 Å². The first-order valence-corrected chi connectivity index (χ1v) is 12.9. The van der Waals surface area contributed by atoms with Crippen LogP contribution in [0.5, 0.6) is 0 Å². The van der Waals surface area contributed by atoms with E-state index in [1.165, 1.54) is 22.7 Å². The number of hydrogen-bond donors (Lipinski definition) is 2. The lowest BCUT2D eigenvalue weighted by molar-refractivity contribution is -0.0278. The molecule has 1 atom stereocenters. The van der Waals surface area contributed by atoms with E-state index in [2.05, 4.69) is 15.3 Å². The van der Waals surface area contributed by atoms with Gasteiger partial charge in [0, 0.05) is 30.2 Å². The van der Waals surface area contributed by atoms with E-state index in [0.29, 0.717) is 48.7 Å². The molecule has 1 saturated carbocycles. The summed E-state index contributed by atoms with van der Waals surface area (Å²) in [5.74, 6) is -11.6. The Balaban J connectivity index is 1.53. The summed E-state index contributed by atoms with van der Waals surface area (Å²) >= 11 is 5.90. The zero-order valence-electron chi connectivity index (χ0n) is 21.3. The van der Waals surface area contributed by atoms with Crippen molar-refractivity contribution in [2.45, 2.75) is 37.7 Å². The number of alkyl halides is 4. The quantitative estimate of drug-likeness (QED) is 0.234. The normalized spacial score (nSPS) is 19.2. The molecule has 9 nitrogen and oxygen atoms in total. The summed E-state index contributed by atoms with van der Waals surface area (Å²) in [6.45, 7) is 5.33. The maximum atomic E-state index is 14.0. The van der Waals surface area contributed by atoms with Gasteiger partial charge in [0.2, 0.25) is 5.95 Å². The minimum Gasteiger partial charge on any atom is -0.476 e. The molecule has 6 rings (SSSR count). The zero-order valence-corrected chi connectivity index (χ0v) is 22.0. The van der Waals surface area contributed by atoms with Crippen molar-refractivity contribution in [3.05, 3.63) is 58.1 Å². The van der Waals surface area contributed by atoms with Gasteiger partial charge in [0.15, 0.2) is 5.69 Å². The van der Waals surface area contributed by atoms with E-state index in [-0.39, 0.29) is 22.2 Å². The number of rotatable bonds is 6. The van der Waals surface area contributed by atoms with Gasteiger partial charge in [-0.3, -0.25) is 4.40 Å². The molecular formula is C26H23ClF4N6O3. The fourth-order valence-electron chi connectivity index (χ4n) is 5.19. The molecule has 0 bridgehead atoms. The summed E-state index contributed by atoms with van der Waals surface area (Å²) in [5, 5.41) is 13.3. The van der Waals surface area contributed by atoms with Gasteiger partial charge in [0.05, 0.1) is 36.2 Å². The molecule has 14 heteroatoms. The number of ether oxygens (including phenoxy) is 1. The summed E-state index contributed by atoms with van der Waals surface area (Å²) in [4.78, 5) is 26.8. The predicted octanol–water partition coefficient (Wildman–Crippen LogP) is 5.32. The van der Waals surface area contributed by atoms with E-state index in [1.807, 2.05) is 17.9 Å². The van der Waals surface area contributed by atoms with Crippen molar-refractivity contribution in [1.82, 2.24) is 19.4 Å². The Labute approximate surface area is 229 Å². The highest BCUT2D eigenvalue weighted by atomic mass is 35.5. The second kappa shape index (κ2) is 9.16. The highest BCUT2D eigenvalue weighted by Crippen LogP contribution is 2.67. The molecule has 40 heavy (non-hydrogen) atoms. The highest BCUT2D eigenvalue weighted by Gasteiger charge is 2.86. The number of benzene rings is 1. The maximum absolute atomic E-state index is 14.0. The van der Waals surface area contributed by atoms with Crippen LogP contribution in [0.2, 0.25) is 5.15 Å². The summed E-state index contributed by atoms with van der Waals surface area (Å²) in [5.41, 5.74) is 1.68. The fourth-order valence-corrected chi connectivity index (χ4v) is 5.34. The number of carbonyl (C=O) groups is 1. The number of pyridine rings is 1. The monoisotopic (exact) mass is 578 g/mol. The Morgan fingerprint density at radius 3 is 2.50 bits per heavy atom. The zero-order chi connectivity index (χ0) is 28.6. The molecule has 0 spiro atoms. The molecule has 4 heterocycles. The summed E-state index contributed by atoms with van der Waals surface area (Å²) in [6.07, 6.45) is 1.22. The van der Waals surface area contributed by atoms with Crippen molar-refractivity contribution in [3.8, 4) is 0 Å². The first-order chi connectivity index (χ1) is 18.9. The molecule has 210 valence electrons. The third-order valence-electron chi connectivity index (χ3n) is 7.25. The van der Waals surface area contributed by atoms with E-state index >= 15 is 0 Å². The van der Waals surface area contributed by atoms with Gasteiger partial charge >= 0.3 is 17.8 Å². The molecule has 1 aliphatic heterocycles. The van der Waals surface area contributed by atoms with Gasteiger partial charge in [0.25, 0.3) is 0 Å². The van der Waals surface area contributed by atoms with Crippen LogP contribution in [0.15, 0.2) is 30.5 Å². The van der Waals surface area contributed by atoms with E-state index < -0.39 is 35.5 Å². The van der Waals surface area contributed by atoms with Gasteiger partial charge in [-0.1, -0.05) is 17.7 Å². The average molecular weight is 579 g/mol. The predicted molar refractivity (Wildman–Crippen MR) is 139 cm³/mol. The van der Waals surface area contributed by atoms with Gasteiger partial charge in [-0.25, -0.2) is 19.7 Å². The number of imidazole rings is 1. The standard InChI is InChI=1S/C26H23ClF4N6O3/c1-12-9-14(13(2)32-16-3-4-18(27)34-20(16)23(38)39)19-15(10-12)22-33-17(21-25(28,29)26(21,30)31)11-37(22)24(35-19)36-5-7-40-8-6-36/h3-4,9-11,13,21,32H,5-8H2,1-2H3,(H,38,39). The van der Waals surface area contributed by atoms with Gasteiger partial charge in [-0.2, -0.15) is 17.6 Å². The van der Waals surface area contributed by atoms with Gasteiger partial charge in [-0.05, 0) is 37.6 Å². The minimum absolute atomic E-state index is 0.0257. The van der Waals surface area contributed by atoms with Crippen LogP contribution in [0.25, 0.3) is 16.6 Å². The highest BCUT2D eigenvalue weighted by molar-refractivity contribution is 6.29. The summed E-state index contributed by atoms with van der Waals surface area (Å²) in [7, 11) is 0. The van der Waals surface area contributed by atoms with E-state index in [1.54, 1.807) is 13.0 Å². The number of aromatic carboxylic acids is 1. The minimum atomic E-state index is -4.18. The van der Waals surface area contributed by atoms with Crippen LogP contribution in [0.3, 0.4) is 0 Å². The number of fused-ring (bicyclic) bond motifs is 3. The molecule has 4 aromatic rings. The average Bonchev–Trinajstić information content (AvgIpc) is 3.17. The number of carboxylic acid groups (broad SMARTS) is 1. The Morgan fingerprint density at radius 2 is 1.85 bits per heavy atom. The Hall–Kier alpha value is -3.71. The number of morpholine rings is 1. The largest absolute Gasteiger partial charge is 0.476 e.